The Balaban J connectivity index is 2.65. The molecule has 0 radical (unpaired) electrons. The molecule has 1 aromatic heterocycles. The number of hydrogen-bond donors (Lipinski definition) is 0. The summed E-state index contributed by atoms with van der Waals surface area (Å²) in [7, 11) is 0. The molecule has 0 aliphatic heterocycles. The topological polar surface area (TPSA) is 63.0 Å². The molecule has 1 heterocycles. The molecule has 0 aliphatic carbocycles. The second-order valence-electron chi connectivity index (χ2n) is 2.15. The van der Waals surface area contributed by atoms with Crippen LogP contribution in [0.2, 0.25) is 4.34 Å². The molecule has 1 unspecified atom stereocenters. The van der Waals surface area contributed by atoms with Crippen molar-refractivity contribution in [1.82, 2.24) is 4.98 Å². The first-order valence-corrected chi connectivity index (χ1v) is 4.55. The minimum absolute atomic E-state index is 0.159. The van der Waals surface area contributed by atoms with Gasteiger partial charge in [0.25, 0.3) is 0 Å². The van der Waals surface area contributed by atoms with Gasteiger partial charge in [-0.3, -0.25) is 0 Å². The van der Waals surface area contributed by atoms with Gasteiger partial charge in [0.15, 0.2) is 6.10 Å². The maximum atomic E-state index is 11.1. The van der Waals surface area contributed by atoms with Crippen LogP contribution in [0.4, 0.5) is 0 Å². The molecule has 0 spiro atoms. The van der Waals surface area contributed by atoms with Crippen LogP contribution < -0.4 is 0 Å². The number of carbonyl (C=O) groups is 1. The number of carbonyl (C=O) groups excluding carboxylic acids is 1. The fourth-order valence-electron chi connectivity index (χ4n) is 0.586. The molecule has 0 aromatic carbocycles. The Morgan fingerprint density at radius 1 is 1.92 bits per heavy atom. The lowest BCUT2D eigenvalue weighted by Gasteiger charge is -2.01. The summed E-state index contributed by atoms with van der Waals surface area (Å²) >= 11 is 6.58. The average molecular weight is 217 g/mol. The van der Waals surface area contributed by atoms with Gasteiger partial charge in [0.05, 0.1) is 6.20 Å². The predicted molar refractivity (Wildman–Crippen MR) is 47.6 cm³/mol. The fourth-order valence-corrected chi connectivity index (χ4v) is 1.38. The second kappa shape index (κ2) is 4.21. The van der Waals surface area contributed by atoms with Crippen LogP contribution in [0.3, 0.4) is 0 Å². The molecule has 1 atom stereocenters. The van der Waals surface area contributed by atoms with Crippen LogP contribution in [0.5, 0.6) is 0 Å². The Bertz CT molecular complexity index is 358. The smallest absolute Gasteiger partial charge is 0.368 e. The van der Waals surface area contributed by atoms with Crippen molar-refractivity contribution in [2.75, 3.05) is 0 Å². The lowest BCUT2D eigenvalue weighted by atomic mass is 10.4. The largest absolute Gasteiger partial charge is 0.442 e. The zero-order valence-corrected chi connectivity index (χ0v) is 8.22. The predicted octanol–water partition coefficient (Wildman–Crippen LogP) is 1.87. The zero-order chi connectivity index (χ0) is 9.84. The van der Waals surface area contributed by atoms with Crippen molar-refractivity contribution in [1.29, 1.82) is 5.26 Å². The van der Waals surface area contributed by atoms with E-state index in [1.165, 1.54) is 13.1 Å². The van der Waals surface area contributed by atoms with Gasteiger partial charge in [-0.05, 0) is 6.92 Å². The maximum absolute atomic E-state index is 11.1. The molecule has 1 aromatic rings. The number of thiazole rings is 1. The van der Waals surface area contributed by atoms with Crippen molar-refractivity contribution in [3.8, 4) is 6.07 Å². The van der Waals surface area contributed by atoms with Crippen molar-refractivity contribution in [2.45, 2.75) is 13.0 Å². The molecule has 68 valence electrons. The molecular weight excluding hydrogens is 212 g/mol. The van der Waals surface area contributed by atoms with Crippen molar-refractivity contribution >= 4 is 28.9 Å². The Morgan fingerprint density at radius 3 is 3.08 bits per heavy atom. The molecule has 0 saturated heterocycles. The summed E-state index contributed by atoms with van der Waals surface area (Å²) in [6, 6.07) is 1.77. The summed E-state index contributed by atoms with van der Waals surface area (Å²) in [4.78, 5) is 14.8. The van der Waals surface area contributed by atoms with Gasteiger partial charge in [-0.15, -0.1) is 0 Å². The molecule has 13 heavy (non-hydrogen) atoms. The summed E-state index contributed by atoms with van der Waals surface area (Å²) in [5.41, 5.74) is 0. The van der Waals surface area contributed by atoms with Gasteiger partial charge in [-0.2, -0.15) is 5.26 Å². The number of aromatic nitrogens is 1. The van der Waals surface area contributed by atoms with Crippen LogP contribution in [0, 0.1) is 11.3 Å². The monoisotopic (exact) mass is 216 g/mol. The third-order valence-corrected chi connectivity index (χ3v) is 2.21. The molecule has 4 nitrogen and oxygen atoms in total. The van der Waals surface area contributed by atoms with Gasteiger partial charge in [0, 0.05) is 0 Å². The highest BCUT2D eigenvalue weighted by molar-refractivity contribution is 7.17. The normalized spacial score (nSPS) is 11.8. The van der Waals surface area contributed by atoms with E-state index in [9.17, 15) is 4.79 Å². The van der Waals surface area contributed by atoms with Crippen LogP contribution in [0.15, 0.2) is 6.20 Å². The first-order chi connectivity index (χ1) is 6.13. The quantitative estimate of drug-likeness (QED) is 0.708. The van der Waals surface area contributed by atoms with E-state index in [0.29, 0.717) is 4.34 Å². The van der Waals surface area contributed by atoms with Gasteiger partial charge >= 0.3 is 5.97 Å². The summed E-state index contributed by atoms with van der Waals surface area (Å²) in [6.45, 7) is 1.48. The number of nitriles is 1. The minimum Gasteiger partial charge on any atom is -0.442 e. The van der Waals surface area contributed by atoms with Crippen LogP contribution >= 0.6 is 22.9 Å². The molecular formula is C7H5ClN2O2S. The third-order valence-electron chi connectivity index (χ3n) is 1.12. The van der Waals surface area contributed by atoms with E-state index in [2.05, 4.69) is 9.72 Å². The van der Waals surface area contributed by atoms with E-state index in [-0.39, 0.29) is 5.01 Å². The molecule has 0 aliphatic rings. The standard InChI is InChI=1S/C7H5ClN2O2S/c1-4(2-9)12-7(11)6-10-3-5(8)13-6/h3-4H,1H3. The Kier molecular flexibility index (Phi) is 3.23. The zero-order valence-electron chi connectivity index (χ0n) is 6.65. The van der Waals surface area contributed by atoms with E-state index in [1.54, 1.807) is 6.07 Å². The van der Waals surface area contributed by atoms with E-state index in [1.807, 2.05) is 0 Å². The van der Waals surface area contributed by atoms with Crippen molar-refractivity contribution in [3.63, 3.8) is 0 Å². The van der Waals surface area contributed by atoms with Gasteiger partial charge in [0.1, 0.15) is 10.4 Å². The van der Waals surface area contributed by atoms with E-state index in [4.69, 9.17) is 16.9 Å². The lowest BCUT2D eigenvalue weighted by Crippen LogP contribution is -2.12. The summed E-state index contributed by atoms with van der Waals surface area (Å²) in [6.07, 6.45) is 0.593. The molecule has 0 N–H and O–H groups in total. The second-order valence-corrected chi connectivity index (χ2v) is 3.81. The maximum Gasteiger partial charge on any atom is 0.368 e. The Labute approximate surface area is 83.7 Å². The number of nitrogens with zero attached hydrogens (tertiary/aromatic N) is 2. The van der Waals surface area contributed by atoms with Crippen molar-refractivity contribution in [3.05, 3.63) is 15.5 Å². The number of rotatable bonds is 2. The Hall–Kier alpha value is -1.12. The number of hydrogen-bond acceptors (Lipinski definition) is 5. The minimum atomic E-state index is -0.768. The molecule has 0 fully saturated rings. The fraction of sp³-hybridized carbons (Fsp3) is 0.286. The van der Waals surface area contributed by atoms with Crippen molar-refractivity contribution < 1.29 is 9.53 Å². The molecule has 6 heteroatoms. The SMILES string of the molecule is CC(C#N)OC(=O)c1ncc(Cl)s1. The van der Waals surface area contributed by atoms with Crippen LogP contribution in [0.25, 0.3) is 0 Å². The molecule has 0 bridgehead atoms. The lowest BCUT2D eigenvalue weighted by molar-refractivity contribution is 0.0435. The van der Waals surface area contributed by atoms with Gasteiger partial charge in [0.2, 0.25) is 5.01 Å². The third kappa shape index (κ3) is 2.68. The molecule has 1 rings (SSSR count). The first kappa shape index (κ1) is 9.96. The summed E-state index contributed by atoms with van der Waals surface area (Å²) in [5.74, 6) is -0.619. The summed E-state index contributed by atoms with van der Waals surface area (Å²) < 4.78 is 5.10. The highest BCUT2D eigenvalue weighted by Crippen LogP contribution is 2.19. The average Bonchev–Trinajstić information content (AvgIpc) is 2.51. The number of ether oxygens (including phenoxy) is 1. The van der Waals surface area contributed by atoms with Crippen LogP contribution in [0.1, 0.15) is 16.7 Å². The van der Waals surface area contributed by atoms with Crippen molar-refractivity contribution in [2.24, 2.45) is 0 Å². The van der Waals surface area contributed by atoms with Crippen LogP contribution in [-0.4, -0.2) is 17.1 Å². The van der Waals surface area contributed by atoms with Gasteiger partial charge in [-0.25, -0.2) is 9.78 Å². The number of halogens is 1. The highest BCUT2D eigenvalue weighted by atomic mass is 35.5. The molecule has 0 saturated carbocycles. The summed E-state index contributed by atoms with van der Waals surface area (Å²) in [5, 5.41) is 8.52. The Morgan fingerprint density at radius 2 is 2.62 bits per heavy atom. The highest BCUT2D eigenvalue weighted by Gasteiger charge is 2.14. The first-order valence-electron chi connectivity index (χ1n) is 3.35. The van der Waals surface area contributed by atoms with Gasteiger partial charge < -0.3 is 4.74 Å². The van der Waals surface area contributed by atoms with E-state index < -0.39 is 12.1 Å². The van der Waals surface area contributed by atoms with E-state index >= 15 is 0 Å². The van der Waals surface area contributed by atoms with Gasteiger partial charge in [-0.1, -0.05) is 22.9 Å². The number of esters is 1. The van der Waals surface area contributed by atoms with Crippen LogP contribution in [-0.2, 0) is 4.74 Å². The van der Waals surface area contributed by atoms with E-state index in [0.717, 1.165) is 11.3 Å². The molecule has 0 amide bonds.